The summed E-state index contributed by atoms with van der Waals surface area (Å²) in [5, 5.41) is 15.9. The molecule has 0 spiro atoms. The zero-order valence-electron chi connectivity index (χ0n) is 10.6. The summed E-state index contributed by atoms with van der Waals surface area (Å²) in [6.45, 7) is 2.55. The van der Waals surface area contributed by atoms with Gasteiger partial charge in [0.15, 0.2) is 5.82 Å². The fourth-order valence-electron chi connectivity index (χ4n) is 2.32. The van der Waals surface area contributed by atoms with Crippen molar-refractivity contribution in [1.82, 2.24) is 25.5 Å². The predicted octanol–water partition coefficient (Wildman–Crippen LogP) is 1.33. The van der Waals surface area contributed by atoms with Gasteiger partial charge in [0.1, 0.15) is 5.82 Å². The highest BCUT2D eigenvalue weighted by Gasteiger charge is 2.19. The van der Waals surface area contributed by atoms with Crippen molar-refractivity contribution in [2.45, 2.75) is 25.3 Å². The van der Waals surface area contributed by atoms with E-state index in [9.17, 15) is 4.39 Å². The summed E-state index contributed by atoms with van der Waals surface area (Å²) in [6.07, 6.45) is 2.12. The van der Waals surface area contributed by atoms with Crippen molar-refractivity contribution >= 4 is 0 Å². The van der Waals surface area contributed by atoms with E-state index in [4.69, 9.17) is 0 Å². The smallest absolute Gasteiger partial charge is 0.177 e. The monoisotopic (exact) mass is 261 g/mol. The molecule has 0 aliphatic carbocycles. The van der Waals surface area contributed by atoms with Crippen molar-refractivity contribution in [2.24, 2.45) is 0 Å². The number of tetrazole rings is 1. The van der Waals surface area contributed by atoms with Crippen LogP contribution in [0.1, 0.15) is 30.1 Å². The maximum atomic E-state index is 12.8. The first-order chi connectivity index (χ1) is 9.31. The zero-order valence-corrected chi connectivity index (χ0v) is 10.6. The number of nitrogens with zero attached hydrogens (tertiary/aromatic N) is 4. The van der Waals surface area contributed by atoms with E-state index in [1.807, 2.05) is 0 Å². The third-order valence-corrected chi connectivity index (χ3v) is 3.41. The van der Waals surface area contributed by atoms with Gasteiger partial charge in [-0.1, -0.05) is 12.1 Å². The summed E-state index contributed by atoms with van der Waals surface area (Å²) < 4.78 is 12.8. The number of benzene rings is 1. The second-order valence-corrected chi connectivity index (χ2v) is 4.83. The first-order valence-corrected chi connectivity index (χ1v) is 6.54. The van der Waals surface area contributed by atoms with Crippen LogP contribution >= 0.6 is 0 Å². The minimum atomic E-state index is -0.231. The van der Waals surface area contributed by atoms with Gasteiger partial charge >= 0.3 is 0 Å². The molecular weight excluding hydrogens is 245 g/mol. The second kappa shape index (κ2) is 5.44. The average molecular weight is 261 g/mol. The van der Waals surface area contributed by atoms with Crippen LogP contribution in [0.5, 0.6) is 0 Å². The largest absolute Gasteiger partial charge is 0.317 e. The van der Waals surface area contributed by atoms with Gasteiger partial charge in [0.05, 0.1) is 6.54 Å². The average Bonchev–Trinajstić information content (AvgIpc) is 2.91. The molecule has 1 aliphatic rings. The van der Waals surface area contributed by atoms with E-state index in [1.54, 1.807) is 16.9 Å². The highest BCUT2D eigenvalue weighted by Crippen LogP contribution is 2.20. The molecule has 0 bridgehead atoms. The molecule has 0 unspecified atom stereocenters. The Hall–Kier alpha value is -1.82. The van der Waals surface area contributed by atoms with Crippen LogP contribution in [-0.4, -0.2) is 33.3 Å². The fourth-order valence-corrected chi connectivity index (χ4v) is 2.32. The number of rotatable bonds is 3. The van der Waals surface area contributed by atoms with Gasteiger partial charge in [0.25, 0.3) is 0 Å². The Labute approximate surface area is 110 Å². The topological polar surface area (TPSA) is 55.6 Å². The summed E-state index contributed by atoms with van der Waals surface area (Å²) in [7, 11) is 0. The lowest BCUT2D eigenvalue weighted by Gasteiger charge is -2.19. The summed E-state index contributed by atoms with van der Waals surface area (Å²) in [5.41, 5.74) is 0.968. The summed E-state index contributed by atoms with van der Waals surface area (Å²) in [4.78, 5) is 1.57. The molecule has 2 heterocycles. The summed E-state index contributed by atoms with van der Waals surface area (Å²) >= 11 is 0. The molecule has 0 amide bonds. The van der Waals surface area contributed by atoms with Gasteiger partial charge in [-0.3, -0.25) is 0 Å². The molecule has 5 nitrogen and oxygen atoms in total. The van der Waals surface area contributed by atoms with E-state index in [0.29, 0.717) is 12.5 Å². The number of halogens is 1. The maximum Gasteiger partial charge on any atom is 0.177 e. The molecule has 1 aromatic carbocycles. The van der Waals surface area contributed by atoms with Gasteiger partial charge in [-0.25, -0.2) is 4.39 Å². The van der Waals surface area contributed by atoms with E-state index in [-0.39, 0.29) is 5.82 Å². The molecule has 1 N–H and O–H groups in total. The van der Waals surface area contributed by atoms with Crippen LogP contribution in [0.25, 0.3) is 0 Å². The van der Waals surface area contributed by atoms with E-state index in [0.717, 1.165) is 37.3 Å². The predicted molar refractivity (Wildman–Crippen MR) is 68.2 cm³/mol. The van der Waals surface area contributed by atoms with Crippen molar-refractivity contribution in [2.75, 3.05) is 13.1 Å². The normalized spacial score (nSPS) is 16.7. The van der Waals surface area contributed by atoms with Crippen molar-refractivity contribution in [3.05, 3.63) is 41.5 Å². The van der Waals surface area contributed by atoms with Gasteiger partial charge in [-0.05, 0) is 48.8 Å². The number of aromatic nitrogens is 4. The van der Waals surface area contributed by atoms with Gasteiger partial charge in [0, 0.05) is 5.92 Å². The van der Waals surface area contributed by atoms with Crippen LogP contribution in [0.3, 0.4) is 0 Å². The van der Waals surface area contributed by atoms with Crippen LogP contribution in [0.15, 0.2) is 24.3 Å². The minimum Gasteiger partial charge on any atom is -0.317 e. The lowest BCUT2D eigenvalue weighted by Crippen LogP contribution is -2.27. The van der Waals surface area contributed by atoms with Crippen LogP contribution in [0.4, 0.5) is 4.39 Å². The lowest BCUT2D eigenvalue weighted by molar-refractivity contribution is 0.442. The molecule has 1 aliphatic heterocycles. The molecule has 0 atom stereocenters. The number of nitrogens with one attached hydrogen (secondary N) is 1. The van der Waals surface area contributed by atoms with Crippen LogP contribution in [-0.2, 0) is 6.54 Å². The SMILES string of the molecule is Fc1ccc(Cn2nnc(C3CCNCC3)n2)cc1. The quantitative estimate of drug-likeness (QED) is 0.905. The molecular formula is C13H16FN5. The molecule has 2 aromatic rings. The Morgan fingerprint density at radius 2 is 1.95 bits per heavy atom. The number of piperidine rings is 1. The highest BCUT2D eigenvalue weighted by atomic mass is 19.1. The minimum absolute atomic E-state index is 0.231. The lowest BCUT2D eigenvalue weighted by atomic mass is 9.98. The Bertz CT molecular complexity index is 530. The standard InChI is InChI=1S/C13H16FN5/c14-12-3-1-10(2-4-12)9-19-17-13(16-18-19)11-5-7-15-8-6-11/h1-4,11,15H,5-9H2. The van der Waals surface area contributed by atoms with Gasteiger partial charge in [0.2, 0.25) is 0 Å². The van der Waals surface area contributed by atoms with Crippen molar-refractivity contribution in [1.29, 1.82) is 0 Å². The zero-order chi connectivity index (χ0) is 13.1. The molecule has 19 heavy (non-hydrogen) atoms. The van der Waals surface area contributed by atoms with E-state index >= 15 is 0 Å². The Balaban J connectivity index is 1.68. The molecule has 3 rings (SSSR count). The van der Waals surface area contributed by atoms with Gasteiger partial charge in [-0.15, -0.1) is 10.2 Å². The van der Waals surface area contributed by atoms with Gasteiger partial charge < -0.3 is 5.32 Å². The third kappa shape index (κ3) is 2.96. The molecule has 100 valence electrons. The number of hydrogen-bond donors (Lipinski definition) is 1. The molecule has 1 aromatic heterocycles. The Kier molecular flexibility index (Phi) is 3.50. The highest BCUT2D eigenvalue weighted by molar-refractivity contribution is 5.15. The molecule has 1 saturated heterocycles. The van der Waals surface area contributed by atoms with Crippen molar-refractivity contribution in [3.63, 3.8) is 0 Å². The summed E-state index contributed by atoms with van der Waals surface area (Å²) in [5.74, 6) is 0.998. The second-order valence-electron chi connectivity index (χ2n) is 4.83. The Morgan fingerprint density at radius 1 is 1.21 bits per heavy atom. The molecule has 6 heteroatoms. The van der Waals surface area contributed by atoms with E-state index in [1.165, 1.54) is 12.1 Å². The first kappa shape index (κ1) is 12.2. The molecule has 1 fully saturated rings. The Morgan fingerprint density at radius 3 is 2.68 bits per heavy atom. The van der Waals surface area contributed by atoms with E-state index in [2.05, 4.69) is 20.7 Å². The van der Waals surface area contributed by atoms with Crippen LogP contribution in [0.2, 0.25) is 0 Å². The van der Waals surface area contributed by atoms with Crippen LogP contribution in [0, 0.1) is 5.82 Å². The molecule has 0 radical (unpaired) electrons. The maximum absolute atomic E-state index is 12.8. The molecule has 0 saturated carbocycles. The number of hydrogen-bond acceptors (Lipinski definition) is 4. The van der Waals surface area contributed by atoms with Gasteiger partial charge in [-0.2, -0.15) is 4.80 Å². The fraction of sp³-hybridized carbons (Fsp3) is 0.462. The van der Waals surface area contributed by atoms with E-state index < -0.39 is 0 Å². The van der Waals surface area contributed by atoms with Crippen molar-refractivity contribution < 1.29 is 4.39 Å². The summed E-state index contributed by atoms with van der Waals surface area (Å²) in [6, 6.07) is 6.37. The van der Waals surface area contributed by atoms with Crippen LogP contribution < -0.4 is 5.32 Å². The third-order valence-electron chi connectivity index (χ3n) is 3.41. The van der Waals surface area contributed by atoms with Crippen molar-refractivity contribution in [3.8, 4) is 0 Å². The first-order valence-electron chi connectivity index (χ1n) is 6.54.